The van der Waals surface area contributed by atoms with Crippen LogP contribution in [0.3, 0.4) is 0 Å². The summed E-state index contributed by atoms with van der Waals surface area (Å²) in [6.07, 6.45) is 0.867. The van der Waals surface area contributed by atoms with Crippen molar-refractivity contribution < 1.29 is 8.78 Å². The monoisotopic (exact) mass is 149 g/mol. The maximum Gasteiger partial charge on any atom is 0.262 e. The number of rotatable bonds is 1. The average Bonchev–Trinajstić information content (AvgIpc) is 2.05. The zero-order valence-electron chi connectivity index (χ0n) is 6.40. The summed E-state index contributed by atoms with van der Waals surface area (Å²) in [5.41, 5.74) is 0. The Kier molecular flexibility index (Phi) is 1.95. The maximum absolute atomic E-state index is 12.6. The lowest BCUT2D eigenvalue weighted by Crippen LogP contribution is -2.25. The fraction of sp³-hybridized carbons (Fsp3) is 1.00. The van der Waals surface area contributed by atoms with Gasteiger partial charge in [0.15, 0.2) is 0 Å². The van der Waals surface area contributed by atoms with Crippen LogP contribution in [0, 0.1) is 0 Å². The highest BCUT2D eigenvalue weighted by Gasteiger charge is 2.41. The van der Waals surface area contributed by atoms with Gasteiger partial charge in [0, 0.05) is 12.5 Å². The van der Waals surface area contributed by atoms with Gasteiger partial charge < -0.3 is 0 Å². The van der Waals surface area contributed by atoms with E-state index in [2.05, 4.69) is 0 Å². The zero-order valence-corrected chi connectivity index (χ0v) is 6.40. The van der Waals surface area contributed by atoms with Crippen LogP contribution in [0.25, 0.3) is 0 Å². The first-order chi connectivity index (χ1) is 4.55. The third kappa shape index (κ3) is 1.45. The molecule has 1 unspecified atom stereocenters. The third-order valence-electron chi connectivity index (χ3n) is 2.11. The summed E-state index contributed by atoms with van der Waals surface area (Å²) in [6.45, 7) is 1.88. The number of hydrogen-bond donors (Lipinski definition) is 0. The van der Waals surface area contributed by atoms with Crippen LogP contribution in [0.4, 0.5) is 8.78 Å². The van der Waals surface area contributed by atoms with E-state index in [9.17, 15) is 8.78 Å². The van der Waals surface area contributed by atoms with E-state index in [4.69, 9.17) is 0 Å². The summed E-state index contributed by atoms with van der Waals surface area (Å²) < 4.78 is 25.2. The summed E-state index contributed by atoms with van der Waals surface area (Å²) in [4.78, 5) is 1.74. The van der Waals surface area contributed by atoms with E-state index in [0.29, 0.717) is 0 Å². The average molecular weight is 149 g/mol. The lowest BCUT2D eigenvalue weighted by atomic mass is 10.1. The Hall–Kier alpha value is -0.180. The second kappa shape index (κ2) is 2.46. The van der Waals surface area contributed by atoms with Gasteiger partial charge in [-0.05, 0) is 13.5 Å². The Morgan fingerprint density at radius 2 is 2.20 bits per heavy atom. The quantitative estimate of drug-likeness (QED) is 0.549. The Balaban J connectivity index is 2.52. The molecule has 0 bridgehead atoms. The van der Waals surface area contributed by atoms with Gasteiger partial charge in [0.05, 0.1) is 6.54 Å². The molecule has 1 atom stereocenters. The van der Waals surface area contributed by atoms with Gasteiger partial charge >= 0.3 is 0 Å². The number of likely N-dealkylation sites (tertiary alicyclic amines) is 1. The van der Waals surface area contributed by atoms with Crippen LogP contribution in [0.2, 0.25) is 0 Å². The van der Waals surface area contributed by atoms with Gasteiger partial charge in [0.1, 0.15) is 0 Å². The highest BCUT2D eigenvalue weighted by molar-refractivity contribution is 4.87. The lowest BCUT2D eigenvalue weighted by Gasteiger charge is -2.14. The molecule has 1 rings (SSSR count). The van der Waals surface area contributed by atoms with E-state index >= 15 is 0 Å². The van der Waals surface area contributed by atoms with Gasteiger partial charge in [-0.3, -0.25) is 4.90 Å². The molecule has 1 fully saturated rings. The van der Waals surface area contributed by atoms with Crippen molar-refractivity contribution in [3.8, 4) is 0 Å². The zero-order chi connectivity index (χ0) is 7.78. The van der Waals surface area contributed by atoms with Gasteiger partial charge in [-0.1, -0.05) is 6.92 Å². The molecule has 0 radical (unpaired) electrons. The molecule has 0 saturated carbocycles. The maximum atomic E-state index is 12.6. The molecule has 0 aromatic rings. The van der Waals surface area contributed by atoms with Gasteiger partial charge in [0.2, 0.25) is 0 Å². The number of hydrogen-bond acceptors (Lipinski definition) is 1. The molecule has 0 aromatic carbocycles. The van der Waals surface area contributed by atoms with Crippen molar-refractivity contribution in [2.45, 2.75) is 31.7 Å². The highest BCUT2D eigenvalue weighted by atomic mass is 19.3. The van der Waals surface area contributed by atoms with Gasteiger partial charge in [-0.15, -0.1) is 0 Å². The van der Waals surface area contributed by atoms with Crippen LogP contribution in [0.5, 0.6) is 0 Å². The number of nitrogens with zero attached hydrogens (tertiary/aromatic N) is 1. The van der Waals surface area contributed by atoms with E-state index < -0.39 is 5.92 Å². The minimum absolute atomic E-state index is 0.0417. The predicted octanol–water partition coefficient (Wildman–Crippen LogP) is 1.74. The molecule has 60 valence electrons. The smallest absolute Gasteiger partial charge is 0.262 e. The minimum Gasteiger partial charge on any atom is -0.297 e. The Labute approximate surface area is 60.0 Å². The van der Waals surface area contributed by atoms with Crippen LogP contribution >= 0.6 is 0 Å². The second-order valence-electron chi connectivity index (χ2n) is 3.04. The van der Waals surface area contributed by atoms with Crippen LogP contribution < -0.4 is 0 Å². The second-order valence-corrected chi connectivity index (χ2v) is 3.04. The molecular formula is C7H13F2N. The van der Waals surface area contributed by atoms with Crippen LogP contribution in [0.15, 0.2) is 0 Å². The first kappa shape index (κ1) is 7.92. The molecule has 0 N–H and O–H groups in total. The molecule has 0 spiro atoms. The van der Waals surface area contributed by atoms with Crippen molar-refractivity contribution in [3.63, 3.8) is 0 Å². The molecule has 1 nitrogen and oxygen atoms in total. The standard InChI is InChI=1S/C7H13F2N/c1-3-6-4-7(8,9)5-10(6)2/h6H,3-5H2,1-2H3. The van der Waals surface area contributed by atoms with Gasteiger partial charge in [-0.25, -0.2) is 8.78 Å². The Morgan fingerprint density at radius 1 is 1.60 bits per heavy atom. The van der Waals surface area contributed by atoms with Crippen LogP contribution in [-0.2, 0) is 0 Å². The fourth-order valence-corrected chi connectivity index (χ4v) is 1.52. The van der Waals surface area contributed by atoms with E-state index in [1.54, 1.807) is 11.9 Å². The summed E-state index contributed by atoms with van der Waals surface area (Å²) in [5, 5.41) is 0. The summed E-state index contributed by atoms with van der Waals surface area (Å²) >= 11 is 0. The lowest BCUT2D eigenvalue weighted by molar-refractivity contribution is 0.0140. The van der Waals surface area contributed by atoms with Gasteiger partial charge in [-0.2, -0.15) is 0 Å². The first-order valence-electron chi connectivity index (χ1n) is 3.63. The number of alkyl halides is 2. The van der Waals surface area contributed by atoms with Crippen molar-refractivity contribution >= 4 is 0 Å². The van der Waals surface area contributed by atoms with Gasteiger partial charge in [0.25, 0.3) is 5.92 Å². The molecule has 1 aliphatic rings. The van der Waals surface area contributed by atoms with Crippen molar-refractivity contribution in [1.29, 1.82) is 0 Å². The summed E-state index contributed by atoms with van der Waals surface area (Å²) in [6, 6.07) is 0.0926. The summed E-state index contributed by atoms with van der Waals surface area (Å²) in [7, 11) is 1.76. The van der Waals surface area contributed by atoms with Crippen molar-refractivity contribution in [2.24, 2.45) is 0 Å². The summed E-state index contributed by atoms with van der Waals surface area (Å²) in [5.74, 6) is -2.44. The first-order valence-corrected chi connectivity index (χ1v) is 3.63. The van der Waals surface area contributed by atoms with Crippen molar-refractivity contribution in [1.82, 2.24) is 4.90 Å². The van der Waals surface area contributed by atoms with E-state index in [1.165, 1.54) is 0 Å². The highest BCUT2D eigenvalue weighted by Crippen LogP contribution is 2.31. The van der Waals surface area contributed by atoms with E-state index in [1.807, 2.05) is 6.92 Å². The molecule has 0 aromatic heterocycles. The molecule has 0 amide bonds. The van der Waals surface area contributed by atoms with Crippen LogP contribution in [0.1, 0.15) is 19.8 Å². The fourth-order valence-electron chi connectivity index (χ4n) is 1.52. The predicted molar refractivity (Wildman–Crippen MR) is 36.3 cm³/mol. The third-order valence-corrected chi connectivity index (χ3v) is 2.11. The molecule has 1 aliphatic heterocycles. The molecule has 1 heterocycles. The van der Waals surface area contributed by atoms with Crippen LogP contribution in [-0.4, -0.2) is 30.5 Å². The van der Waals surface area contributed by atoms with Crippen molar-refractivity contribution in [2.75, 3.05) is 13.6 Å². The number of halogens is 2. The topological polar surface area (TPSA) is 3.24 Å². The molecule has 3 heteroatoms. The SMILES string of the molecule is CCC1CC(F)(F)CN1C. The molecular weight excluding hydrogens is 136 g/mol. The van der Waals surface area contributed by atoms with E-state index in [-0.39, 0.29) is 19.0 Å². The molecule has 1 saturated heterocycles. The minimum atomic E-state index is -2.44. The Bertz CT molecular complexity index is 125. The largest absolute Gasteiger partial charge is 0.297 e. The van der Waals surface area contributed by atoms with Crippen molar-refractivity contribution in [3.05, 3.63) is 0 Å². The Morgan fingerprint density at radius 3 is 2.40 bits per heavy atom. The molecule has 10 heavy (non-hydrogen) atoms. The molecule has 0 aliphatic carbocycles. The van der Waals surface area contributed by atoms with E-state index in [0.717, 1.165) is 6.42 Å². The normalized spacial score (nSPS) is 33.0.